The van der Waals surface area contributed by atoms with Crippen LogP contribution in [0.4, 0.5) is 14.5 Å². The maximum absolute atomic E-state index is 13.7. The highest BCUT2D eigenvalue weighted by Crippen LogP contribution is 2.34. The second kappa shape index (κ2) is 5.78. The van der Waals surface area contributed by atoms with Crippen molar-refractivity contribution in [1.29, 1.82) is 0 Å². The molecule has 0 bridgehead atoms. The van der Waals surface area contributed by atoms with Gasteiger partial charge < -0.3 is 10.5 Å². The summed E-state index contributed by atoms with van der Waals surface area (Å²) < 4.78 is 34.4. The first-order valence-electron chi connectivity index (χ1n) is 6.09. The largest absolute Gasteiger partial charge is 0.434 e. The molecule has 108 valence electrons. The molecule has 0 spiro atoms. The van der Waals surface area contributed by atoms with Gasteiger partial charge in [-0.05, 0) is 25.5 Å². The number of hydrogen-bond acceptors (Lipinski definition) is 3. The van der Waals surface area contributed by atoms with Gasteiger partial charge in [-0.2, -0.15) is 9.49 Å². The molecule has 0 aliphatic heterocycles. The molecule has 0 saturated carbocycles. The van der Waals surface area contributed by atoms with Gasteiger partial charge in [0.25, 0.3) is 0 Å². The molecule has 0 aliphatic carbocycles. The molecule has 2 rings (SSSR count). The van der Waals surface area contributed by atoms with Crippen LogP contribution in [0.25, 0.3) is 0 Å². The summed E-state index contributed by atoms with van der Waals surface area (Å²) in [5.74, 6) is -2.07. The molecule has 0 amide bonds. The van der Waals surface area contributed by atoms with Gasteiger partial charge >= 0.3 is 0 Å². The average Bonchev–Trinajstić information content (AvgIpc) is 2.63. The van der Waals surface area contributed by atoms with Crippen LogP contribution in [0, 0.1) is 18.6 Å². The van der Waals surface area contributed by atoms with Gasteiger partial charge in [-0.15, -0.1) is 0 Å². The molecule has 20 heavy (non-hydrogen) atoms. The Bertz CT molecular complexity index is 643. The fraction of sp³-hybridized carbons (Fsp3) is 0.308. The third kappa shape index (κ3) is 2.77. The molecule has 2 aromatic rings. The predicted molar refractivity (Wildman–Crippen MR) is 75.8 cm³/mol. The first-order chi connectivity index (χ1) is 9.43. The van der Waals surface area contributed by atoms with Crippen molar-refractivity contribution in [2.75, 3.05) is 5.73 Å². The zero-order chi connectivity index (χ0) is 14.9. The van der Waals surface area contributed by atoms with Crippen molar-refractivity contribution in [2.45, 2.75) is 26.8 Å². The van der Waals surface area contributed by atoms with E-state index in [4.69, 9.17) is 10.5 Å². The highest BCUT2D eigenvalue weighted by molar-refractivity contribution is 9.10. The smallest absolute Gasteiger partial charge is 0.241 e. The van der Waals surface area contributed by atoms with Gasteiger partial charge in [-0.3, -0.25) is 0 Å². The minimum Gasteiger partial charge on any atom is -0.434 e. The Morgan fingerprint density at radius 3 is 2.75 bits per heavy atom. The van der Waals surface area contributed by atoms with Crippen molar-refractivity contribution in [3.63, 3.8) is 0 Å². The molecule has 0 aliphatic rings. The lowest BCUT2D eigenvalue weighted by Crippen LogP contribution is -2.04. The third-order valence-electron chi connectivity index (χ3n) is 2.73. The Labute approximate surface area is 123 Å². The number of aromatic nitrogens is 2. The Morgan fingerprint density at radius 1 is 1.40 bits per heavy atom. The fourth-order valence-corrected chi connectivity index (χ4v) is 2.16. The van der Waals surface area contributed by atoms with Crippen LogP contribution in [0.3, 0.4) is 0 Å². The summed E-state index contributed by atoms with van der Waals surface area (Å²) in [4.78, 5) is 0. The number of halogens is 3. The number of rotatable bonds is 4. The van der Waals surface area contributed by atoms with Gasteiger partial charge in [0.1, 0.15) is 5.69 Å². The molecule has 0 saturated heterocycles. The molecule has 0 fully saturated rings. The zero-order valence-electron chi connectivity index (χ0n) is 11.1. The lowest BCUT2D eigenvalue weighted by molar-refractivity contribution is 0.376. The molecule has 1 aromatic heterocycles. The molecule has 2 N–H and O–H groups in total. The predicted octanol–water partition coefficient (Wildman–Crippen LogP) is 4.02. The number of anilines is 1. The van der Waals surface area contributed by atoms with Crippen LogP contribution >= 0.6 is 15.9 Å². The Kier molecular flexibility index (Phi) is 4.27. The molecular formula is C13H14BrF2N3O. The molecule has 1 heterocycles. The summed E-state index contributed by atoms with van der Waals surface area (Å²) in [7, 11) is 0. The van der Waals surface area contributed by atoms with Crippen LogP contribution in [0.2, 0.25) is 0 Å². The molecular weight excluding hydrogens is 332 g/mol. The quantitative estimate of drug-likeness (QED) is 0.851. The van der Waals surface area contributed by atoms with Crippen molar-refractivity contribution >= 4 is 21.6 Å². The summed E-state index contributed by atoms with van der Waals surface area (Å²) >= 11 is 3.09. The minimum atomic E-state index is -1.06. The van der Waals surface area contributed by atoms with Gasteiger partial charge in [0.15, 0.2) is 11.6 Å². The second-order valence-corrected chi connectivity index (χ2v) is 5.24. The number of ether oxygens (including phenoxy) is 1. The Hall–Kier alpha value is -1.63. The fourth-order valence-electron chi connectivity index (χ4n) is 1.76. The highest BCUT2D eigenvalue weighted by Gasteiger charge is 2.18. The van der Waals surface area contributed by atoms with Crippen molar-refractivity contribution in [1.82, 2.24) is 9.78 Å². The highest BCUT2D eigenvalue weighted by atomic mass is 79.9. The van der Waals surface area contributed by atoms with Gasteiger partial charge in [0, 0.05) is 11.0 Å². The van der Waals surface area contributed by atoms with Gasteiger partial charge in [-0.1, -0.05) is 22.9 Å². The van der Waals surface area contributed by atoms with Gasteiger partial charge in [0.05, 0.1) is 5.69 Å². The van der Waals surface area contributed by atoms with Crippen LogP contribution < -0.4 is 10.5 Å². The van der Waals surface area contributed by atoms with Crippen LogP contribution in [-0.4, -0.2) is 9.78 Å². The summed E-state index contributed by atoms with van der Waals surface area (Å²) in [6.45, 7) is 4.27. The molecule has 4 nitrogen and oxygen atoms in total. The van der Waals surface area contributed by atoms with E-state index in [0.717, 1.165) is 12.5 Å². The van der Waals surface area contributed by atoms with Crippen molar-refractivity contribution < 1.29 is 13.5 Å². The lowest BCUT2D eigenvalue weighted by atomic mass is 10.3. The summed E-state index contributed by atoms with van der Waals surface area (Å²) in [5.41, 5.74) is 6.78. The topological polar surface area (TPSA) is 53.1 Å². The monoisotopic (exact) mass is 345 g/mol. The Morgan fingerprint density at radius 2 is 2.10 bits per heavy atom. The van der Waals surface area contributed by atoms with Crippen LogP contribution in [-0.2, 0) is 6.54 Å². The van der Waals surface area contributed by atoms with E-state index in [1.165, 1.54) is 6.07 Å². The number of nitrogen functional groups attached to an aromatic ring is 1. The van der Waals surface area contributed by atoms with Crippen LogP contribution in [0.1, 0.15) is 19.0 Å². The molecule has 1 aromatic carbocycles. The average molecular weight is 346 g/mol. The first-order valence-corrected chi connectivity index (χ1v) is 6.88. The number of benzene rings is 1. The number of nitrogens with zero attached hydrogens (tertiary/aromatic N) is 2. The van der Waals surface area contributed by atoms with E-state index >= 15 is 0 Å². The molecule has 0 atom stereocenters. The van der Waals surface area contributed by atoms with E-state index in [9.17, 15) is 8.78 Å². The van der Waals surface area contributed by atoms with E-state index in [0.29, 0.717) is 22.4 Å². The number of aryl methyl sites for hydroxylation is 2. The lowest BCUT2D eigenvalue weighted by Gasteiger charge is -2.10. The summed E-state index contributed by atoms with van der Waals surface area (Å²) in [5, 5.41) is 4.21. The van der Waals surface area contributed by atoms with Gasteiger partial charge in [-0.25, -0.2) is 9.07 Å². The third-order valence-corrected chi connectivity index (χ3v) is 3.18. The van der Waals surface area contributed by atoms with Gasteiger partial charge in [0.2, 0.25) is 11.7 Å². The van der Waals surface area contributed by atoms with Crippen molar-refractivity contribution in [3.8, 4) is 11.6 Å². The SMILES string of the molecule is CCCn1nc(C)c(N)c1Oc1cc(Br)cc(F)c1F. The molecule has 0 unspecified atom stereocenters. The standard InChI is InChI=1S/C13H14BrF2N3O/c1-3-4-19-13(12(17)7(2)18-19)20-10-6-8(14)5-9(15)11(10)16/h5-6H,3-4,17H2,1-2H3. The van der Waals surface area contributed by atoms with Crippen molar-refractivity contribution in [2.24, 2.45) is 0 Å². The van der Waals surface area contributed by atoms with Crippen molar-refractivity contribution in [3.05, 3.63) is 33.9 Å². The second-order valence-electron chi connectivity index (χ2n) is 4.33. The maximum atomic E-state index is 13.7. The Balaban J connectivity index is 2.44. The van der Waals surface area contributed by atoms with Crippen LogP contribution in [0.5, 0.6) is 11.6 Å². The molecule has 0 radical (unpaired) electrons. The van der Waals surface area contributed by atoms with E-state index in [2.05, 4.69) is 21.0 Å². The maximum Gasteiger partial charge on any atom is 0.241 e. The molecule has 7 heteroatoms. The summed E-state index contributed by atoms with van der Waals surface area (Å²) in [6.07, 6.45) is 0.812. The summed E-state index contributed by atoms with van der Waals surface area (Å²) in [6, 6.07) is 2.37. The van der Waals surface area contributed by atoms with E-state index in [1.54, 1.807) is 11.6 Å². The van der Waals surface area contributed by atoms with E-state index < -0.39 is 11.6 Å². The minimum absolute atomic E-state index is 0.223. The normalized spacial score (nSPS) is 10.8. The number of nitrogens with two attached hydrogens (primary N) is 1. The number of hydrogen-bond donors (Lipinski definition) is 1. The van der Waals surface area contributed by atoms with Crippen LogP contribution in [0.15, 0.2) is 16.6 Å². The first kappa shape index (κ1) is 14.8. The van der Waals surface area contributed by atoms with E-state index in [-0.39, 0.29) is 11.6 Å². The zero-order valence-corrected chi connectivity index (χ0v) is 12.7. The van der Waals surface area contributed by atoms with E-state index in [1.807, 2.05) is 6.92 Å².